The first-order valence-corrected chi connectivity index (χ1v) is 33.3. The molecule has 0 saturated carbocycles. The molecule has 0 heterocycles. The number of carbonyl (C=O) groups is 3. The van der Waals surface area contributed by atoms with Crippen LogP contribution >= 0.6 is 7.82 Å². The van der Waals surface area contributed by atoms with E-state index >= 15 is 0 Å². The van der Waals surface area contributed by atoms with Gasteiger partial charge in [-0.3, -0.25) is 23.4 Å². The molecule has 78 heavy (non-hydrogen) atoms. The minimum absolute atomic E-state index is 0.0436. The maximum atomic E-state index is 12.9. The van der Waals surface area contributed by atoms with Crippen LogP contribution in [0.25, 0.3) is 0 Å². The van der Waals surface area contributed by atoms with E-state index in [4.69, 9.17) is 23.3 Å². The van der Waals surface area contributed by atoms with E-state index in [1.54, 1.807) is 0 Å². The third-order valence-electron chi connectivity index (χ3n) is 13.7. The number of rotatable bonds is 59. The molecule has 2 N–H and O–H groups in total. The molecule has 0 amide bonds. The smallest absolute Gasteiger partial charge is 0.462 e. The van der Waals surface area contributed by atoms with E-state index in [0.29, 0.717) is 19.3 Å². The van der Waals surface area contributed by atoms with Gasteiger partial charge in [-0.25, -0.2) is 4.57 Å². The third kappa shape index (κ3) is 57.6. The van der Waals surface area contributed by atoms with Crippen molar-refractivity contribution in [2.45, 2.75) is 303 Å². The minimum Gasteiger partial charge on any atom is -0.462 e. The first kappa shape index (κ1) is 74.9. The highest BCUT2D eigenvalue weighted by atomic mass is 31.2. The zero-order valence-electron chi connectivity index (χ0n) is 50.1. The van der Waals surface area contributed by atoms with Gasteiger partial charge in [-0.1, -0.05) is 286 Å². The van der Waals surface area contributed by atoms with E-state index in [9.17, 15) is 28.9 Å². The van der Waals surface area contributed by atoms with E-state index in [0.717, 1.165) is 77.0 Å². The van der Waals surface area contributed by atoms with Crippen molar-refractivity contribution < 1.29 is 52.2 Å². The molecule has 0 aromatic carbocycles. The van der Waals surface area contributed by atoms with Gasteiger partial charge in [-0.05, 0) is 57.8 Å². The number of unbranched alkanes of at least 4 members (excludes halogenated alkanes) is 30. The van der Waals surface area contributed by atoms with Gasteiger partial charge >= 0.3 is 25.7 Å². The zero-order chi connectivity index (χ0) is 56.9. The number of aliphatic hydroxyl groups excluding tert-OH is 1. The monoisotopic (exact) mass is 1120 g/mol. The summed E-state index contributed by atoms with van der Waals surface area (Å²) in [5, 5.41) is 9.85. The summed E-state index contributed by atoms with van der Waals surface area (Å²) in [6, 6.07) is 0. The number of allylic oxidation sites excluding steroid dienone is 12. The number of esters is 3. The van der Waals surface area contributed by atoms with Crippen LogP contribution in [0.3, 0.4) is 0 Å². The molecule has 0 aliphatic heterocycles. The average Bonchev–Trinajstić information content (AvgIpc) is 3.43. The van der Waals surface area contributed by atoms with Crippen LogP contribution in [0, 0.1) is 0 Å². The van der Waals surface area contributed by atoms with Gasteiger partial charge in [0, 0.05) is 19.3 Å². The molecule has 0 spiro atoms. The summed E-state index contributed by atoms with van der Waals surface area (Å²) >= 11 is 0. The molecule has 0 radical (unpaired) electrons. The molecule has 3 atom stereocenters. The molecule has 0 bridgehead atoms. The van der Waals surface area contributed by atoms with Crippen LogP contribution in [0.1, 0.15) is 290 Å². The molecule has 0 aliphatic rings. The summed E-state index contributed by atoms with van der Waals surface area (Å²) in [7, 11) is -4.77. The summed E-state index contributed by atoms with van der Waals surface area (Å²) in [5.41, 5.74) is 0. The fourth-order valence-corrected chi connectivity index (χ4v) is 9.64. The highest BCUT2D eigenvalue weighted by Crippen LogP contribution is 2.43. The van der Waals surface area contributed by atoms with Gasteiger partial charge in [0.15, 0.2) is 6.10 Å². The summed E-state index contributed by atoms with van der Waals surface area (Å²) in [4.78, 5) is 48.6. The summed E-state index contributed by atoms with van der Waals surface area (Å²) in [5.74, 6) is -1.55. The van der Waals surface area contributed by atoms with Gasteiger partial charge in [-0.2, -0.15) is 0 Å². The topological polar surface area (TPSA) is 155 Å². The number of carbonyl (C=O) groups excluding carboxylic acids is 3. The Labute approximate surface area is 478 Å². The molecular formula is C66H117O11P. The second-order valence-electron chi connectivity index (χ2n) is 21.2. The zero-order valence-corrected chi connectivity index (χ0v) is 51.0. The normalized spacial score (nSPS) is 13.8. The van der Waals surface area contributed by atoms with Crippen molar-refractivity contribution in [3.63, 3.8) is 0 Å². The second-order valence-corrected chi connectivity index (χ2v) is 22.7. The van der Waals surface area contributed by atoms with Crippen molar-refractivity contribution in [2.24, 2.45) is 0 Å². The van der Waals surface area contributed by atoms with Gasteiger partial charge < -0.3 is 24.2 Å². The van der Waals surface area contributed by atoms with E-state index < -0.39 is 57.8 Å². The molecule has 452 valence electrons. The summed E-state index contributed by atoms with van der Waals surface area (Å²) < 4.78 is 39.6. The lowest BCUT2D eigenvalue weighted by Gasteiger charge is -2.21. The average molecular weight is 1120 g/mol. The predicted molar refractivity (Wildman–Crippen MR) is 325 cm³/mol. The van der Waals surface area contributed by atoms with E-state index in [1.807, 2.05) is 12.2 Å². The van der Waals surface area contributed by atoms with Gasteiger partial charge in [0.1, 0.15) is 12.7 Å². The maximum absolute atomic E-state index is 12.9. The van der Waals surface area contributed by atoms with E-state index in [1.165, 1.54) is 154 Å². The standard InChI is InChI=1S/C66H117O11P/c1-4-7-10-13-16-19-22-25-27-29-31-33-35-38-41-44-47-50-53-56-65(69)76-62(58-67)60-74-78(71,72)75-61-63(59-73-64(68)55-52-49-46-43-40-37-24-21-18-15-12-9-6-3)77-66(70)57-54-51-48-45-42-39-36-34-32-30-28-26-23-20-17-14-11-8-5-2/h8,11,17,20,26,28,32,34,39,42,48,51,62-63,67H,4-7,9-10,12-16,18-19,21-25,27,29-31,33,35-38,40-41,43-47,49-50,52-61H2,1-3H3,(H,71,72)/b11-8-,20-17-,28-26-,34-32-,42-39-,51-48-. The molecule has 0 fully saturated rings. The molecule has 12 heteroatoms. The van der Waals surface area contributed by atoms with E-state index in [2.05, 4.69) is 81.5 Å². The molecule has 0 saturated heterocycles. The minimum atomic E-state index is -4.77. The first-order valence-electron chi connectivity index (χ1n) is 31.8. The van der Waals surface area contributed by atoms with Gasteiger partial charge in [-0.15, -0.1) is 0 Å². The van der Waals surface area contributed by atoms with Gasteiger partial charge in [0.2, 0.25) is 0 Å². The molecule has 3 unspecified atom stereocenters. The van der Waals surface area contributed by atoms with Crippen LogP contribution in [-0.2, 0) is 42.2 Å². The lowest BCUT2D eigenvalue weighted by molar-refractivity contribution is -0.161. The predicted octanol–water partition coefficient (Wildman–Crippen LogP) is 19.3. The van der Waals surface area contributed by atoms with Crippen molar-refractivity contribution in [3.05, 3.63) is 72.9 Å². The Hall–Kier alpha value is -3.08. The van der Waals surface area contributed by atoms with Gasteiger partial charge in [0.05, 0.1) is 19.8 Å². The molecular weight excluding hydrogens is 1000 g/mol. The Morgan fingerprint density at radius 1 is 0.372 bits per heavy atom. The quantitative estimate of drug-likeness (QED) is 0.0197. The van der Waals surface area contributed by atoms with Gasteiger partial charge in [0.25, 0.3) is 0 Å². The lowest BCUT2D eigenvalue weighted by atomic mass is 10.0. The second kappa shape index (κ2) is 60.0. The van der Waals surface area contributed by atoms with Crippen molar-refractivity contribution in [1.82, 2.24) is 0 Å². The number of phosphoric ester groups is 1. The molecule has 0 aromatic heterocycles. The third-order valence-corrected chi connectivity index (χ3v) is 14.6. The molecule has 0 aliphatic carbocycles. The van der Waals surface area contributed by atoms with Crippen molar-refractivity contribution in [2.75, 3.05) is 26.4 Å². The van der Waals surface area contributed by atoms with Crippen LogP contribution in [0.2, 0.25) is 0 Å². The van der Waals surface area contributed by atoms with Crippen LogP contribution in [0.15, 0.2) is 72.9 Å². The lowest BCUT2D eigenvalue weighted by Crippen LogP contribution is -2.30. The first-order chi connectivity index (χ1) is 38.2. The number of hydrogen-bond acceptors (Lipinski definition) is 10. The number of hydrogen-bond donors (Lipinski definition) is 2. The van der Waals surface area contributed by atoms with Crippen molar-refractivity contribution in [3.8, 4) is 0 Å². The van der Waals surface area contributed by atoms with Crippen LogP contribution < -0.4 is 0 Å². The number of ether oxygens (including phenoxy) is 3. The Morgan fingerprint density at radius 3 is 1.03 bits per heavy atom. The van der Waals surface area contributed by atoms with Crippen molar-refractivity contribution >= 4 is 25.7 Å². The Morgan fingerprint density at radius 2 is 0.667 bits per heavy atom. The number of phosphoric acid groups is 1. The molecule has 0 rings (SSSR count). The molecule has 11 nitrogen and oxygen atoms in total. The Bertz CT molecular complexity index is 1590. The Balaban J connectivity index is 4.72. The maximum Gasteiger partial charge on any atom is 0.472 e. The molecule has 0 aromatic rings. The van der Waals surface area contributed by atoms with Crippen LogP contribution in [0.4, 0.5) is 0 Å². The summed E-state index contributed by atoms with van der Waals surface area (Å²) in [6.45, 7) is 4.50. The van der Waals surface area contributed by atoms with Crippen LogP contribution in [0.5, 0.6) is 0 Å². The fourth-order valence-electron chi connectivity index (χ4n) is 8.86. The SMILES string of the molecule is CC/C=C\C/C=C\C/C=C\C/C=C\C/C=C\C/C=C\CCC(=O)OC(COC(=O)CCCCCCCCCCCCCCC)COP(=O)(O)OCC(CO)OC(=O)CCCCCCCCCCCCCCCCCCCCC. The van der Waals surface area contributed by atoms with E-state index in [-0.39, 0.29) is 25.9 Å². The highest BCUT2D eigenvalue weighted by Gasteiger charge is 2.28. The highest BCUT2D eigenvalue weighted by molar-refractivity contribution is 7.47. The van der Waals surface area contributed by atoms with Crippen molar-refractivity contribution in [1.29, 1.82) is 0 Å². The largest absolute Gasteiger partial charge is 0.472 e. The fraction of sp³-hybridized carbons (Fsp3) is 0.773. The summed E-state index contributed by atoms with van der Waals surface area (Å²) in [6.07, 6.45) is 68.7. The number of aliphatic hydroxyl groups is 1. The van der Waals surface area contributed by atoms with Crippen LogP contribution in [-0.4, -0.2) is 66.5 Å². The Kier molecular flexibility index (Phi) is 57.7.